The van der Waals surface area contributed by atoms with E-state index in [9.17, 15) is 9.59 Å². The minimum absolute atomic E-state index is 0.00379. The van der Waals surface area contributed by atoms with Gasteiger partial charge in [-0.25, -0.2) is 4.98 Å². The SMILES string of the molecule is O=C(N[C@@H]1CCCN(c2cnccn2)C1)c1cc2c([nH]c1=O)CCC2. The number of H-pyrrole nitrogens is 1. The summed E-state index contributed by atoms with van der Waals surface area (Å²) in [7, 11) is 0. The third kappa shape index (κ3) is 3.26. The molecule has 0 unspecified atom stereocenters. The van der Waals surface area contributed by atoms with Gasteiger partial charge in [-0.2, -0.15) is 0 Å². The summed E-state index contributed by atoms with van der Waals surface area (Å²) in [6.45, 7) is 1.57. The highest BCUT2D eigenvalue weighted by atomic mass is 16.2. The summed E-state index contributed by atoms with van der Waals surface area (Å²) in [4.78, 5) is 38.2. The number of nitrogens with one attached hydrogen (secondary N) is 2. The number of carbonyl (C=O) groups excluding carboxylic acids is 1. The van der Waals surface area contributed by atoms with Crippen LogP contribution < -0.4 is 15.8 Å². The highest BCUT2D eigenvalue weighted by Gasteiger charge is 2.24. The van der Waals surface area contributed by atoms with Crippen molar-refractivity contribution >= 4 is 11.7 Å². The molecule has 7 nitrogen and oxygen atoms in total. The predicted octanol–water partition coefficient (Wildman–Crippen LogP) is 1.05. The number of nitrogens with zero attached hydrogens (tertiary/aromatic N) is 3. The van der Waals surface area contributed by atoms with Crippen molar-refractivity contribution in [3.05, 3.63) is 51.8 Å². The van der Waals surface area contributed by atoms with Gasteiger partial charge in [0.25, 0.3) is 11.5 Å². The summed E-state index contributed by atoms with van der Waals surface area (Å²) in [6, 6.07) is 1.76. The van der Waals surface area contributed by atoms with Crippen LogP contribution >= 0.6 is 0 Å². The smallest absolute Gasteiger partial charge is 0.261 e. The predicted molar refractivity (Wildman–Crippen MR) is 93.8 cm³/mol. The van der Waals surface area contributed by atoms with E-state index in [1.54, 1.807) is 24.7 Å². The van der Waals surface area contributed by atoms with E-state index in [2.05, 4.69) is 25.2 Å². The standard InChI is InChI=1S/C18H21N5O2/c24-17(14-9-12-3-1-5-15(12)22-18(14)25)21-13-4-2-8-23(11-13)16-10-19-6-7-20-16/h6-7,9-10,13H,1-5,8,11H2,(H,21,24)(H,22,25)/t13-/m1/s1. The largest absolute Gasteiger partial charge is 0.353 e. The van der Waals surface area contributed by atoms with E-state index in [1.165, 1.54) is 0 Å². The molecule has 1 aliphatic heterocycles. The lowest BCUT2D eigenvalue weighted by molar-refractivity contribution is 0.0931. The Bertz CT molecular complexity index is 833. The minimum atomic E-state index is -0.292. The molecular weight excluding hydrogens is 318 g/mol. The Morgan fingerprint density at radius 3 is 3.04 bits per heavy atom. The number of pyridine rings is 1. The van der Waals surface area contributed by atoms with Crippen LogP contribution in [0.2, 0.25) is 0 Å². The second-order valence-electron chi connectivity index (χ2n) is 6.69. The molecule has 3 heterocycles. The summed E-state index contributed by atoms with van der Waals surface area (Å²) in [5, 5.41) is 3.02. The summed E-state index contributed by atoms with van der Waals surface area (Å²) >= 11 is 0. The number of fused-ring (bicyclic) bond motifs is 1. The molecule has 0 spiro atoms. The Morgan fingerprint density at radius 2 is 2.20 bits per heavy atom. The molecule has 1 atom stereocenters. The molecule has 2 aliphatic rings. The van der Waals surface area contributed by atoms with Gasteiger partial charge < -0.3 is 15.2 Å². The first-order valence-electron chi connectivity index (χ1n) is 8.77. The fourth-order valence-corrected chi connectivity index (χ4v) is 3.70. The first-order valence-corrected chi connectivity index (χ1v) is 8.77. The Morgan fingerprint density at radius 1 is 1.28 bits per heavy atom. The van der Waals surface area contributed by atoms with Gasteiger partial charge in [0.1, 0.15) is 11.4 Å². The molecule has 4 rings (SSSR count). The van der Waals surface area contributed by atoms with Gasteiger partial charge in [-0.05, 0) is 43.7 Å². The molecule has 2 N–H and O–H groups in total. The second kappa shape index (κ2) is 6.66. The molecule has 0 saturated carbocycles. The average Bonchev–Trinajstić information content (AvgIpc) is 3.09. The van der Waals surface area contributed by atoms with E-state index < -0.39 is 0 Å². The van der Waals surface area contributed by atoms with Gasteiger partial charge in [-0.3, -0.25) is 14.6 Å². The van der Waals surface area contributed by atoms with Gasteiger partial charge in [0.05, 0.1) is 6.20 Å². The van der Waals surface area contributed by atoms with Crippen molar-refractivity contribution in [3.63, 3.8) is 0 Å². The molecule has 25 heavy (non-hydrogen) atoms. The van der Waals surface area contributed by atoms with Crippen molar-refractivity contribution in [1.29, 1.82) is 0 Å². The Balaban J connectivity index is 1.47. The highest BCUT2D eigenvalue weighted by molar-refractivity contribution is 5.94. The number of piperidine rings is 1. The van der Waals surface area contributed by atoms with E-state index in [1.807, 2.05) is 0 Å². The van der Waals surface area contributed by atoms with Crippen molar-refractivity contribution < 1.29 is 4.79 Å². The topological polar surface area (TPSA) is 91.0 Å². The van der Waals surface area contributed by atoms with Crippen LogP contribution in [-0.4, -0.2) is 40.0 Å². The minimum Gasteiger partial charge on any atom is -0.353 e. The maximum atomic E-state index is 12.6. The van der Waals surface area contributed by atoms with Crippen molar-refractivity contribution in [2.24, 2.45) is 0 Å². The normalized spacial score (nSPS) is 19.5. The van der Waals surface area contributed by atoms with Gasteiger partial charge in [0.2, 0.25) is 0 Å². The molecule has 0 bridgehead atoms. The Labute approximate surface area is 145 Å². The molecule has 1 amide bonds. The molecule has 1 aliphatic carbocycles. The Kier molecular flexibility index (Phi) is 4.21. The Hall–Kier alpha value is -2.70. The number of aromatic nitrogens is 3. The second-order valence-corrected chi connectivity index (χ2v) is 6.69. The van der Waals surface area contributed by atoms with E-state index in [0.717, 1.165) is 55.7 Å². The average molecular weight is 339 g/mol. The van der Waals surface area contributed by atoms with Crippen LogP contribution in [0.1, 0.15) is 40.9 Å². The number of hydrogen-bond donors (Lipinski definition) is 2. The third-order valence-electron chi connectivity index (χ3n) is 4.96. The number of rotatable bonds is 3. The summed E-state index contributed by atoms with van der Waals surface area (Å²) < 4.78 is 0. The number of hydrogen-bond acceptors (Lipinski definition) is 5. The van der Waals surface area contributed by atoms with Gasteiger partial charge in [0.15, 0.2) is 0 Å². The molecule has 2 aromatic heterocycles. The lowest BCUT2D eigenvalue weighted by atomic mass is 10.0. The van der Waals surface area contributed by atoms with Crippen molar-refractivity contribution in [3.8, 4) is 0 Å². The van der Waals surface area contributed by atoms with Gasteiger partial charge in [-0.15, -0.1) is 0 Å². The fourth-order valence-electron chi connectivity index (χ4n) is 3.70. The quantitative estimate of drug-likeness (QED) is 0.872. The molecule has 0 radical (unpaired) electrons. The van der Waals surface area contributed by atoms with Crippen molar-refractivity contribution in [1.82, 2.24) is 20.3 Å². The molecule has 2 aromatic rings. The molecule has 0 aromatic carbocycles. The molecule has 1 fully saturated rings. The van der Waals surface area contributed by atoms with E-state index in [-0.39, 0.29) is 23.1 Å². The van der Waals surface area contributed by atoms with E-state index in [0.29, 0.717) is 6.54 Å². The van der Waals surface area contributed by atoms with Crippen molar-refractivity contribution in [2.45, 2.75) is 38.1 Å². The number of aryl methyl sites for hydroxylation is 2. The van der Waals surface area contributed by atoms with E-state index >= 15 is 0 Å². The zero-order chi connectivity index (χ0) is 17.2. The molecule has 130 valence electrons. The lowest BCUT2D eigenvalue weighted by Crippen LogP contribution is -2.48. The third-order valence-corrected chi connectivity index (χ3v) is 4.96. The van der Waals surface area contributed by atoms with Crippen LogP contribution in [0.5, 0.6) is 0 Å². The maximum Gasteiger partial charge on any atom is 0.261 e. The monoisotopic (exact) mass is 339 g/mol. The van der Waals surface area contributed by atoms with Crippen LogP contribution in [0, 0.1) is 0 Å². The molecular formula is C18H21N5O2. The van der Waals surface area contributed by atoms with Crippen LogP contribution in [0.25, 0.3) is 0 Å². The van der Waals surface area contributed by atoms with Crippen LogP contribution in [-0.2, 0) is 12.8 Å². The number of amides is 1. The first kappa shape index (κ1) is 15.8. The number of anilines is 1. The summed E-state index contributed by atoms with van der Waals surface area (Å²) in [5.41, 5.74) is 2.00. The molecule has 7 heteroatoms. The van der Waals surface area contributed by atoms with Crippen LogP contribution in [0.15, 0.2) is 29.5 Å². The number of aromatic amines is 1. The first-order chi connectivity index (χ1) is 12.2. The zero-order valence-corrected chi connectivity index (χ0v) is 14.0. The van der Waals surface area contributed by atoms with Crippen LogP contribution in [0.3, 0.4) is 0 Å². The van der Waals surface area contributed by atoms with Gasteiger partial charge in [0, 0.05) is 37.2 Å². The number of carbonyl (C=O) groups is 1. The van der Waals surface area contributed by atoms with Gasteiger partial charge >= 0.3 is 0 Å². The van der Waals surface area contributed by atoms with E-state index in [4.69, 9.17) is 0 Å². The fraction of sp³-hybridized carbons (Fsp3) is 0.444. The van der Waals surface area contributed by atoms with Gasteiger partial charge in [-0.1, -0.05) is 0 Å². The van der Waals surface area contributed by atoms with Crippen molar-refractivity contribution in [2.75, 3.05) is 18.0 Å². The highest BCUT2D eigenvalue weighted by Crippen LogP contribution is 2.20. The van der Waals surface area contributed by atoms with Crippen LogP contribution in [0.4, 0.5) is 5.82 Å². The maximum absolute atomic E-state index is 12.6. The lowest BCUT2D eigenvalue weighted by Gasteiger charge is -2.33. The molecule has 1 saturated heterocycles. The zero-order valence-electron chi connectivity index (χ0n) is 14.0. The summed E-state index contributed by atoms with van der Waals surface area (Å²) in [5.74, 6) is 0.527. The summed E-state index contributed by atoms with van der Waals surface area (Å²) in [6.07, 6.45) is 9.75.